The van der Waals surface area contributed by atoms with E-state index in [4.69, 9.17) is 4.42 Å². The maximum atomic E-state index is 12.9. The summed E-state index contributed by atoms with van der Waals surface area (Å²) in [4.78, 5) is 18.1. The van der Waals surface area contributed by atoms with Crippen molar-refractivity contribution >= 4 is 33.0 Å². The smallest absolute Gasteiger partial charge is 0.275 e. The van der Waals surface area contributed by atoms with Gasteiger partial charge in [-0.1, -0.05) is 12.8 Å². The quantitative estimate of drug-likeness (QED) is 0.623. The van der Waals surface area contributed by atoms with Gasteiger partial charge in [-0.3, -0.25) is 4.79 Å². The van der Waals surface area contributed by atoms with Gasteiger partial charge in [0.25, 0.3) is 5.91 Å². The van der Waals surface area contributed by atoms with E-state index in [9.17, 15) is 13.2 Å². The molecule has 30 heavy (non-hydrogen) atoms. The summed E-state index contributed by atoms with van der Waals surface area (Å²) in [6, 6.07) is 9.86. The Balaban J connectivity index is 1.48. The molecule has 3 aromatic rings. The molecule has 1 aliphatic heterocycles. The summed E-state index contributed by atoms with van der Waals surface area (Å²) in [6.07, 6.45) is 5.47. The number of benzene rings is 1. The van der Waals surface area contributed by atoms with Crippen LogP contribution in [0.5, 0.6) is 0 Å². The molecule has 1 fully saturated rings. The second-order valence-corrected chi connectivity index (χ2v) is 10.3. The van der Waals surface area contributed by atoms with Crippen molar-refractivity contribution in [3.05, 3.63) is 53.2 Å². The van der Waals surface area contributed by atoms with Gasteiger partial charge in [-0.25, -0.2) is 13.4 Å². The number of carbonyl (C=O) groups excluding carboxylic acids is 1. The number of aryl methyl sites for hydroxylation is 1. The summed E-state index contributed by atoms with van der Waals surface area (Å²) in [7, 11) is -3.51. The first-order valence-electron chi connectivity index (χ1n) is 9.88. The van der Waals surface area contributed by atoms with Crippen LogP contribution in [0.2, 0.25) is 0 Å². The van der Waals surface area contributed by atoms with Crippen LogP contribution in [0.1, 0.15) is 41.0 Å². The third kappa shape index (κ3) is 4.33. The number of hydrogen-bond acceptors (Lipinski definition) is 6. The number of anilines is 1. The lowest BCUT2D eigenvalue weighted by Gasteiger charge is -2.20. The molecule has 1 amide bonds. The SMILES string of the molecule is Cc1sc(-c2ccco2)nc1C(=O)Nc1ccc(S(=O)(=O)N2CCCCCC2)cc1. The van der Waals surface area contributed by atoms with Gasteiger partial charge in [0.1, 0.15) is 5.69 Å². The molecule has 0 unspecified atom stereocenters. The van der Waals surface area contributed by atoms with Gasteiger partial charge in [-0.2, -0.15) is 4.31 Å². The first-order valence-corrected chi connectivity index (χ1v) is 12.1. The molecule has 0 saturated carbocycles. The summed E-state index contributed by atoms with van der Waals surface area (Å²) in [5, 5.41) is 3.43. The van der Waals surface area contributed by atoms with Crippen LogP contribution < -0.4 is 5.32 Å². The lowest BCUT2D eigenvalue weighted by Crippen LogP contribution is -2.31. The lowest BCUT2D eigenvalue weighted by molar-refractivity contribution is 0.102. The van der Waals surface area contributed by atoms with E-state index in [1.54, 1.807) is 34.8 Å². The average Bonchev–Trinajstić information content (AvgIpc) is 3.30. The van der Waals surface area contributed by atoms with E-state index in [0.717, 1.165) is 30.6 Å². The van der Waals surface area contributed by atoms with Gasteiger partial charge in [0.2, 0.25) is 10.0 Å². The van der Waals surface area contributed by atoms with Crippen LogP contribution in [-0.4, -0.2) is 36.7 Å². The van der Waals surface area contributed by atoms with Crippen LogP contribution >= 0.6 is 11.3 Å². The molecule has 0 aliphatic carbocycles. The molecule has 9 heteroatoms. The first-order chi connectivity index (χ1) is 14.4. The summed E-state index contributed by atoms with van der Waals surface area (Å²) < 4.78 is 32.7. The van der Waals surface area contributed by atoms with E-state index >= 15 is 0 Å². The van der Waals surface area contributed by atoms with Crippen LogP contribution in [-0.2, 0) is 10.0 Å². The summed E-state index contributed by atoms with van der Waals surface area (Å²) in [5.41, 5.74) is 0.842. The summed E-state index contributed by atoms with van der Waals surface area (Å²) in [5.74, 6) is 0.273. The molecule has 1 aromatic carbocycles. The zero-order valence-electron chi connectivity index (χ0n) is 16.6. The van der Waals surface area contributed by atoms with E-state index in [-0.39, 0.29) is 10.8 Å². The number of nitrogens with zero attached hydrogens (tertiary/aromatic N) is 2. The van der Waals surface area contributed by atoms with Gasteiger partial charge in [0.15, 0.2) is 10.8 Å². The Morgan fingerprint density at radius 1 is 1.10 bits per heavy atom. The Morgan fingerprint density at radius 3 is 2.43 bits per heavy atom. The van der Waals surface area contributed by atoms with Crippen LogP contribution in [0.4, 0.5) is 5.69 Å². The van der Waals surface area contributed by atoms with Crippen molar-refractivity contribution in [1.29, 1.82) is 0 Å². The number of amides is 1. The molecular weight excluding hydrogens is 422 g/mol. The molecule has 0 spiro atoms. The van der Waals surface area contributed by atoms with Crippen LogP contribution in [0.3, 0.4) is 0 Å². The normalized spacial score (nSPS) is 15.6. The van der Waals surface area contributed by atoms with Gasteiger partial charge in [-0.05, 0) is 56.2 Å². The molecule has 158 valence electrons. The molecule has 7 nitrogen and oxygen atoms in total. The standard InChI is InChI=1S/C21H23N3O4S2/c1-15-19(23-21(29-15)18-7-6-14-28-18)20(25)22-16-8-10-17(11-9-16)30(26,27)24-12-4-2-3-5-13-24/h6-11,14H,2-5,12-13H2,1H3,(H,22,25). The Morgan fingerprint density at radius 2 is 1.80 bits per heavy atom. The maximum absolute atomic E-state index is 12.9. The number of furan rings is 1. The van der Waals surface area contributed by atoms with Crippen molar-refractivity contribution in [2.24, 2.45) is 0 Å². The number of aromatic nitrogens is 1. The summed E-state index contributed by atoms with van der Waals surface area (Å²) in [6.45, 7) is 2.94. The number of rotatable bonds is 5. The van der Waals surface area contributed by atoms with Crippen molar-refractivity contribution in [2.45, 2.75) is 37.5 Å². The maximum Gasteiger partial charge on any atom is 0.275 e. The predicted octanol–water partition coefficient (Wildman–Crippen LogP) is 4.53. The molecule has 0 atom stereocenters. The molecule has 2 aromatic heterocycles. The highest BCUT2D eigenvalue weighted by atomic mass is 32.2. The monoisotopic (exact) mass is 445 g/mol. The Hall–Kier alpha value is -2.49. The Labute approximate surface area is 179 Å². The van der Waals surface area contributed by atoms with E-state index < -0.39 is 10.0 Å². The molecule has 1 aliphatic rings. The fourth-order valence-corrected chi connectivity index (χ4v) is 5.84. The van der Waals surface area contributed by atoms with Crippen LogP contribution in [0.15, 0.2) is 52.0 Å². The molecular formula is C21H23N3O4S2. The highest BCUT2D eigenvalue weighted by molar-refractivity contribution is 7.89. The predicted molar refractivity (Wildman–Crippen MR) is 116 cm³/mol. The van der Waals surface area contributed by atoms with Crippen molar-refractivity contribution in [3.8, 4) is 10.8 Å². The second kappa shape index (κ2) is 8.71. The van der Waals surface area contributed by atoms with Crippen molar-refractivity contribution in [2.75, 3.05) is 18.4 Å². The lowest BCUT2D eigenvalue weighted by atomic mass is 10.2. The minimum atomic E-state index is -3.51. The Bertz CT molecular complexity index is 1110. The van der Waals surface area contributed by atoms with Crippen molar-refractivity contribution in [1.82, 2.24) is 9.29 Å². The van der Waals surface area contributed by atoms with Crippen LogP contribution in [0, 0.1) is 6.92 Å². The molecule has 0 bridgehead atoms. The minimum Gasteiger partial charge on any atom is -0.462 e. The van der Waals surface area contributed by atoms with Gasteiger partial charge in [-0.15, -0.1) is 11.3 Å². The first kappa shape index (κ1) is 20.8. The number of thiazole rings is 1. The minimum absolute atomic E-state index is 0.243. The fourth-order valence-electron chi connectivity index (χ4n) is 3.44. The molecule has 1 saturated heterocycles. The highest BCUT2D eigenvalue weighted by Crippen LogP contribution is 2.28. The molecule has 0 radical (unpaired) electrons. The van der Waals surface area contributed by atoms with Crippen molar-refractivity contribution < 1.29 is 17.6 Å². The van der Waals surface area contributed by atoms with Crippen molar-refractivity contribution in [3.63, 3.8) is 0 Å². The number of sulfonamides is 1. The second-order valence-electron chi connectivity index (χ2n) is 7.20. The van der Waals surface area contributed by atoms with Gasteiger partial charge in [0.05, 0.1) is 11.2 Å². The average molecular weight is 446 g/mol. The largest absolute Gasteiger partial charge is 0.462 e. The van der Waals surface area contributed by atoms with Crippen LogP contribution in [0.25, 0.3) is 10.8 Å². The highest BCUT2D eigenvalue weighted by Gasteiger charge is 2.25. The number of carbonyl (C=O) groups is 1. The van der Waals surface area contributed by atoms with E-state index in [0.29, 0.717) is 35.2 Å². The van der Waals surface area contributed by atoms with Gasteiger partial charge < -0.3 is 9.73 Å². The number of nitrogens with one attached hydrogen (secondary N) is 1. The summed E-state index contributed by atoms with van der Waals surface area (Å²) >= 11 is 1.38. The topological polar surface area (TPSA) is 92.5 Å². The third-order valence-electron chi connectivity index (χ3n) is 5.06. The van der Waals surface area contributed by atoms with E-state index in [2.05, 4.69) is 10.3 Å². The Kier molecular flexibility index (Phi) is 6.03. The zero-order valence-corrected chi connectivity index (χ0v) is 18.3. The fraction of sp³-hybridized carbons (Fsp3) is 0.333. The van der Waals surface area contributed by atoms with E-state index in [1.165, 1.54) is 23.5 Å². The molecule has 1 N–H and O–H groups in total. The third-order valence-corrected chi connectivity index (χ3v) is 7.96. The number of hydrogen-bond donors (Lipinski definition) is 1. The molecule has 4 rings (SSSR count). The van der Waals surface area contributed by atoms with Gasteiger partial charge in [0, 0.05) is 23.7 Å². The van der Waals surface area contributed by atoms with Gasteiger partial charge >= 0.3 is 0 Å². The zero-order chi connectivity index (χ0) is 21.1. The van der Waals surface area contributed by atoms with E-state index in [1.807, 2.05) is 6.92 Å². The molecule has 3 heterocycles.